The molecule has 3 aromatic rings. The number of aliphatic hydroxyl groups is 1. The van der Waals surface area contributed by atoms with Gasteiger partial charge in [0.2, 0.25) is 0 Å². The lowest BCUT2D eigenvalue weighted by Gasteiger charge is -2.02. The Kier molecular flexibility index (Phi) is 3.50. The summed E-state index contributed by atoms with van der Waals surface area (Å²) in [5.41, 5.74) is 2.88. The zero-order valence-corrected chi connectivity index (χ0v) is 11.2. The van der Waals surface area contributed by atoms with Crippen LogP contribution in [0.4, 0.5) is 0 Å². The Morgan fingerprint density at radius 2 is 1.62 bits per heavy atom. The zero-order valence-electron chi connectivity index (χ0n) is 11.2. The molecule has 21 heavy (non-hydrogen) atoms. The van der Waals surface area contributed by atoms with Crippen LogP contribution in [0.2, 0.25) is 0 Å². The van der Waals surface area contributed by atoms with E-state index in [4.69, 9.17) is 5.26 Å². The first-order chi connectivity index (χ1) is 10.3. The number of benzene rings is 2. The third kappa shape index (κ3) is 2.55. The van der Waals surface area contributed by atoms with Crippen LogP contribution in [-0.2, 0) is 0 Å². The van der Waals surface area contributed by atoms with Crippen molar-refractivity contribution in [1.29, 1.82) is 5.26 Å². The molecule has 0 bridgehead atoms. The highest BCUT2D eigenvalue weighted by Crippen LogP contribution is 2.27. The molecule has 4 nitrogen and oxygen atoms in total. The van der Waals surface area contributed by atoms with E-state index < -0.39 is 6.10 Å². The Balaban J connectivity index is 2.15. The van der Waals surface area contributed by atoms with Crippen LogP contribution < -0.4 is 0 Å². The number of para-hydroxylation sites is 1. The normalized spacial score (nSPS) is 11.8. The van der Waals surface area contributed by atoms with Gasteiger partial charge in [-0.25, -0.2) is 4.68 Å². The van der Waals surface area contributed by atoms with E-state index in [0.717, 1.165) is 11.3 Å². The van der Waals surface area contributed by atoms with Crippen LogP contribution in [0.25, 0.3) is 16.9 Å². The number of hydrogen-bond acceptors (Lipinski definition) is 3. The average molecular weight is 275 g/mol. The first-order valence-corrected chi connectivity index (χ1v) is 6.57. The van der Waals surface area contributed by atoms with E-state index in [2.05, 4.69) is 5.10 Å². The molecule has 1 aromatic heterocycles. The van der Waals surface area contributed by atoms with Gasteiger partial charge in [-0.05, 0) is 12.1 Å². The first-order valence-electron chi connectivity index (χ1n) is 6.57. The molecule has 0 aliphatic rings. The van der Waals surface area contributed by atoms with Gasteiger partial charge in [0.25, 0.3) is 0 Å². The van der Waals surface area contributed by atoms with Crippen LogP contribution in [0, 0.1) is 11.3 Å². The van der Waals surface area contributed by atoms with Crippen LogP contribution in [-0.4, -0.2) is 14.9 Å². The summed E-state index contributed by atoms with van der Waals surface area (Å²) in [4.78, 5) is 0. The van der Waals surface area contributed by atoms with Crippen molar-refractivity contribution >= 4 is 0 Å². The highest BCUT2D eigenvalue weighted by atomic mass is 16.3. The molecule has 1 heterocycles. The SMILES string of the molecule is N#CC(O)c1cn(-c2ccccc2)nc1-c1ccccc1. The Labute approximate surface area is 122 Å². The van der Waals surface area contributed by atoms with Crippen LogP contribution in [0.5, 0.6) is 0 Å². The van der Waals surface area contributed by atoms with E-state index >= 15 is 0 Å². The van der Waals surface area contributed by atoms with Gasteiger partial charge >= 0.3 is 0 Å². The summed E-state index contributed by atoms with van der Waals surface area (Å²) >= 11 is 0. The molecule has 0 fully saturated rings. The smallest absolute Gasteiger partial charge is 0.169 e. The van der Waals surface area contributed by atoms with E-state index in [1.165, 1.54) is 0 Å². The minimum Gasteiger partial charge on any atom is -0.374 e. The summed E-state index contributed by atoms with van der Waals surface area (Å²) in [7, 11) is 0. The molecule has 0 amide bonds. The van der Waals surface area contributed by atoms with Crippen molar-refractivity contribution in [3.05, 3.63) is 72.4 Å². The molecule has 0 radical (unpaired) electrons. The van der Waals surface area contributed by atoms with Crippen LogP contribution >= 0.6 is 0 Å². The lowest BCUT2D eigenvalue weighted by molar-refractivity contribution is 0.236. The lowest BCUT2D eigenvalue weighted by Crippen LogP contribution is -1.94. The van der Waals surface area contributed by atoms with Gasteiger partial charge in [0.05, 0.1) is 17.5 Å². The van der Waals surface area contributed by atoms with Gasteiger partial charge in [0, 0.05) is 17.3 Å². The van der Waals surface area contributed by atoms with Crippen molar-refractivity contribution in [3.63, 3.8) is 0 Å². The van der Waals surface area contributed by atoms with Gasteiger partial charge in [-0.2, -0.15) is 10.4 Å². The van der Waals surface area contributed by atoms with Gasteiger partial charge in [-0.1, -0.05) is 48.5 Å². The molecule has 0 spiro atoms. The lowest BCUT2D eigenvalue weighted by atomic mass is 10.1. The third-order valence-corrected chi connectivity index (χ3v) is 3.23. The topological polar surface area (TPSA) is 61.8 Å². The van der Waals surface area contributed by atoms with Crippen molar-refractivity contribution in [2.24, 2.45) is 0 Å². The van der Waals surface area contributed by atoms with E-state index in [1.807, 2.05) is 66.7 Å². The zero-order chi connectivity index (χ0) is 14.7. The highest BCUT2D eigenvalue weighted by Gasteiger charge is 2.18. The van der Waals surface area contributed by atoms with Crippen molar-refractivity contribution in [2.45, 2.75) is 6.10 Å². The first kappa shape index (κ1) is 13.1. The summed E-state index contributed by atoms with van der Waals surface area (Å²) in [5.74, 6) is 0. The molecule has 1 atom stereocenters. The predicted molar refractivity (Wildman–Crippen MR) is 79.6 cm³/mol. The average Bonchev–Trinajstić information content (AvgIpc) is 3.01. The molecule has 0 aliphatic heterocycles. The summed E-state index contributed by atoms with van der Waals surface area (Å²) < 4.78 is 1.68. The maximum absolute atomic E-state index is 9.92. The van der Waals surface area contributed by atoms with Gasteiger partial charge in [-0.3, -0.25) is 0 Å². The van der Waals surface area contributed by atoms with E-state index in [-0.39, 0.29) is 0 Å². The largest absolute Gasteiger partial charge is 0.374 e. The fourth-order valence-corrected chi connectivity index (χ4v) is 2.19. The van der Waals surface area contributed by atoms with Crippen LogP contribution in [0.1, 0.15) is 11.7 Å². The molecule has 1 N–H and O–H groups in total. The van der Waals surface area contributed by atoms with Crippen molar-refractivity contribution in [3.8, 4) is 23.0 Å². The number of aliphatic hydroxyl groups excluding tert-OH is 1. The van der Waals surface area contributed by atoms with Gasteiger partial charge in [0.15, 0.2) is 6.10 Å². The standard InChI is InChI=1S/C17H13N3O/c18-11-16(21)15-12-20(14-9-5-2-6-10-14)19-17(15)13-7-3-1-4-8-13/h1-10,12,16,21H. The van der Waals surface area contributed by atoms with Crippen molar-refractivity contribution < 1.29 is 5.11 Å². The maximum atomic E-state index is 9.92. The van der Waals surface area contributed by atoms with Crippen molar-refractivity contribution in [2.75, 3.05) is 0 Å². The molecule has 0 saturated carbocycles. The van der Waals surface area contributed by atoms with Crippen LogP contribution in [0.3, 0.4) is 0 Å². The van der Waals surface area contributed by atoms with E-state index in [0.29, 0.717) is 11.3 Å². The summed E-state index contributed by atoms with van der Waals surface area (Å²) in [6.45, 7) is 0. The molecule has 4 heteroatoms. The summed E-state index contributed by atoms with van der Waals surface area (Å²) in [5, 5.41) is 23.4. The molecule has 0 aliphatic carbocycles. The number of nitrogens with zero attached hydrogens (tertiary/aromatic N) is 3. The Morgan fingerprint density at radius 1 is 1.00 bits per heavy atom. The molecule has 2 aromatic carbocycles. The minimum absolute atomic E-state index is 0.507. The molecule has 0 saturated heterocycles. The third-order valence-electron chi connectivity index (χ3n) is 3.23. The van der Waals surface area contributed by atoms with E-state index in [1.54, 1.807) is 10.9 Å². The van der Waals surface area contributed by atoms with Crippen molar-refractivity contribution in [1.82, 2.24) is 9.78 Å². The fraction of sp³-hybridized carbons (Fsp3) is 0.0588. The van der Waals surface area contributed by atoms with Gasteiger partial charge < -0.3 is 5.11 Å². The second-order valence-corrected chi connectivity index (χ2v) is 4.61. The predicted octanol–water partition coefficient (Wildman–Crippen LogP) is 3.10. The van der Waals surface area contributed by atoms with Gasteiger partial charge in [-0.15, -0.1) is 0 Å². The Hall–Kier alpha value is -2.90. The Morgan fingerprint density at radius 3 is 2.24 bits per heavy atom. The monoisotopic (exact) mass is 275 g/mol. The molecular weight excluding hydrogens is 262 g/mol. The summed E-state index contributed by atoms with van der Waals surface area (Å²) in [6, 6.07) is 21.0. The number of rotatable bonds is 3. The minimum atomic E-state index is -1.20. The second-order valence-electron chi connectivity index (χ2n) is 4.61. The summed E-state index contributed by atoms with van der Waals surface area (Å²) in [6.07, 6.45) is 0.503. The quantitative estimate of drug-likeness (QED) is 0.747. The molecular formula is C17H13N3O. The number of hydrogen-bond donors (Lipinski definition) is 1. The Bertz CT molecular complexity index is 773. The van der Waals surface area contributed by atoms with Crippen LogP contribution in [0.15, 0.2) is 66.9 Å². The highest BCUT2D eigenvalue weighted by molar-refractivity contribution is 5.64. The number of nitriles is 1. The van der Waals surface area contributed by atoms with Gasteiger partial charge in [0.1, 0.15) is 0 Å². The molecule has 102 valence electrons. The van der Waals surface area contributed by atoms with E-state index in [9.17, 15) is 5.11 Å². The maximum Gasteiger partial charge on any atom is 0.169 e. The number of aromatic nitrogens is 2. The molecule has 1 unspecified atom stereocenters. The second kappa shape index (κ2) is 5.61. The molecule has 3 rings (SSSR count). The fourth-order valence-electron chi connectivity index (χ4n) is 2.19.